The number of carbonyl (C=O) groups is 2. The molecule has 36 heavy (non-hydrogen) atoms. The van der Waals surface area contributed by atoms with Crippen LogP contribution in [0.1, 0.15) is 78.0 Å². The van der Waals surface area contributed by atoms with Crippen LogP contribution < -0.4 is 15.5 Å². The van der Waals surface area contributed by atoms with E-state index in [0.717, 1.165) is 63.0 Å². The molecule has 1 saturated heterocycles. The molecule has 2 unspecified atom stereocenters. The number of aromatic nitrogens is 2. The van der Waals surface area contributed by atoms with Gasteiger partial charge in [0.15, 0.2) is 0 Å². The minimum absolute atomic E-state index is 0.0605. The van der Waals surface area contributed by atoms with Crippen molar-refractivity contribution in [2.75, 3.05) is 18.1 Å². The quantitative estimate of drug-likeness (QED) is 0.576. The minimum Gasteiger partial charge on any atom is -0.394 e. The second-order valence-corrected chi connectivity index (χ2v) is 11.6. The smallest absolute Gasteiger partial charge is 0.270 e. The molecule has 190 valence electrons. The predicted octanol–water partition coefficient (Wildman–Crippen LogP) is 3.00. The van der Waals surface area contributed by atoms with Crippen LogP contribution in [0.5, 0.6) is 0 Å². The van der Waals surface area contributed by atoms with E-state index in [1.807, 2.05) is 31.2 Å². The summed E-state index contributed by atoms with van der Waals surface area (Å²) in [5.41, 5.74) is 1.06. The molecule has 4 aliphatic carbocycles. The van der Waals surface area contributed by atoms with Gasteiger partial charge in [-0.3, -0.25) is 9.59 Å². The number of hydrogen-bond acceptors (Lipinski definition) is 6. The molecule has 1 aliphatic heterocycles. The maximum absolute atomic E-state index is 13.5. The van der Waals surface area contributed by atoms with Crippen LogP contribution in [0.2, 0.25) is 0 Å². The van der Waals surface area contributed by atoms with Gasteiger partial charge in [-0.2, -0.15) is 0 Å². The Kier molecular flexibility index (Phi) is 5.74. The van der Waals surface area contributed by atoms with E-state index >= 15 is 0 Å². The SMILES string of the molecule is Cc1cccc(C(=O)NC23CC4CC(C2)CC(NC(=O)c2cccc(N5CCC[C@H]5CO)n2)(C4)C3)n1. The van der Waals surface area contributed by atoms with Crippen LogP contribution in [-0.4, -0.2) is 57.2 Å². The summed E-state index contributed by atoms with van der Waals surface area (Å²) in [5.74, 6) is 1.46. The van der Waals surface area contributed by atoms with Crippen LogP contribution in [-0.2, 0) is 0 Å². The first-order valence-corrected chi connectivity index (χ1v) is 13.3. The van der Waals surface area contributed by atoms with Gasteiger partial charge < -0.3 is 20.6 Å². The van der Waals surface area contributed by atoms with E-state index in [9.17, 15) is 14.7 Å². The van der Waals surface area contributed by atoms with Gasteiger partial charge in [0.1, 0.15) is 17.2 Å². The average Bonchev–Trinajstić information content (AvgIpc) is 3.32. The monoisotopic (exact) mass is 489 g/mol. The third-order valence-electron chi connectivity index (χ3n) is 8.79. The number of carbonyl (C=O) groups excluding carboxylic acids is 2. The first-order valence-electron chi connectivity index (χ1n) is 13.3. The molecule has 0 radical (unpaired) electrons. The summed E-state index contributed by atoms with van der Waals surface area (Å²) in [5, 5.41) is 16.5. The predicted molar refractivity (Wildman–Crippen MR) is 136 cm³/mol. The first-order chi connectivity index (χ1) is 17.4. The summed E-state index contributed by atoms with van der Waals surface area (Å²) in [6, 6.07) is 11.1. The number of nitrogens with one attached hydrogen (secondary N) is 2. The molecule has 8 nitrogen and oxygen atoms in total. The van der Waals surface area contributed by atoms with Gasteiger partial charge in [-0.05, 0) is 94.4 Å². The number of hydrogen-bond donors (Lipinski definition) is 3. The lowest BCUT2D eigenvalue weighted by Crippen LogP contribution is -2.70. The fraction of sp³-hybridized carbons (Fsp3) is 0.571. The summed E-state index contributed by atoms with van der Waals surface area (Å²) >= 11 is 0. The molecule has 5 aliphatic rings. The number of pyridine rings is 2. The fourth-order valence-corrected chi connectivity index (χ4v) is 7.87. The van der Waals surface area contributed by atoms with Crippen molar-refractivity contribution in [3.05, 3.63) is 53.5 Å². The Morgan fingerprint density at radius 1 is 0.972 bits per heavy atom. The highest BCUT2D eigenvalue weighted by molar-refractivity contribution is 5.94. The van der Waals surface area contributed by atoms with Gasteiger partial charge in [-0.25, -0.2) is 9.97 Å². The van der Waals surface area contributed by atoms with Crippen LogP contribution in [0.25, 0.3) is 0 Å². The largest absolute Gasteiger partial charge is 0.394 e. The molecule has 0 spiro atoms. The molecule has 3 heterocycles. The Hall–Kier alpha value is -3.00. The molecule has 2 aromatic rings. The number of nitrogens with zero attached hydrogens (tertiary/aromatic N) is 3. The van der Waals surface area contributed by atoms with Gasteiger partial charge in [0.25, 0.3) is 11.8 Å². The highest BCUT2D eigenvalue weighted by Crippen LogP contribution is 2.57. The van der Waals surface area contributed by atoms with Crippen molar-refractivity contribution < 1.29 is 14.7 Å². The summed E-state index contributed by atoms with van der Waals surface area (Å²) in [6.07, 6.45) is 7.70. The molecule has 4 saturated carbocycles. The Morgan fingerprint density at radius 3 is 2.19 bits per heavy atom. The second kappa shape index (κ2) is 8.83. The summed E-state index contributed by atoms with van der Waals surface area (Å²) in [4.78, 5) is 37.9. The zero-order chi connectivity index (χ0) is 24.9. The number of amides is 2. The van der Waals surface area contributed by atoms with Crippen LogP contribution in [0.15, 0.2) is 36.4 Å². The van der Waals surface area contributed by atoms with Crippen molar-refractivity contribution in [1.82, 2.24) is 20.6 Å². The third kappa shape index (κ3) is 4.25. The van der Waals surface area contributed by atoms with Crippen molar-refractivity contribution in [2.24, 2.45) is 11.8 Å². The Morgan fingerprint density at radius 2 is 1.58 bits per heavy atom. The van der Waals surface area contributed by atoms with E-state index in [1.54, 1.807) is 12.1 Å². The number of anilines is 1. The van der Waals surface area contributed by atoms with Gasteiger partial charge >= 0.3 is 0 Å². The lowest BCUT2D eigenvalue weighted by Gasteiger charge is -2.62. The number of rotatable bonds is 6. The highest BCUT2D eigenvalue weighted by Gasteiger charge is 2.59. The van der Waals surface area contributed by atoms with Crippen molar-refractivity contribution >= 4 is 17.6 Å². The van der Waals surface area contributed by atoms with Crippen LogP contribution >= 0.6 is 0 Å². The van der Waals surface area contributed by atoms with Gasteiger partial charge in [-0.15, -0.1) is 0 Å². The summed E-state index contributed by atoms with van der Waals surface area (Å²) < 4.78 is 0. The molecule has 0 aromatic carbocycles. The zero-order valence-corrected chi connectivity index (χ0v) is 20.9. The zero-order valence-electron chi connectivity index (χ0n) is 20.9. The first kappa shape index (κ1) is 23.4. The van der Waals surface area contributed by atoms with Gasteiger partial charge in [0, 0.05) is 23.3 Å². The minimum atomic E-state index is -0.326. The molecule has 7 rings (SSSR count). The molecular formula is C28H35N5O3. The topological polar surface area (TPSA) is 107 Å². The molecule has 3 atom stereocenters. The van der Waals surface area contributed by atoms with E-state index in [2.05, 4.69) is 25.5 Å². The lowest BCUT2D eigenvalue weighted by atomic mass is 9.49. The molecule has 3 N–H and O–H groups in total. The van der Waals surface area contributed by atoms with E-state index in [1.165, 1.54) is 6.42 Å². The summed E-state index contributed by atoms with van der Waals surface area (Å²) in [7, 11) is 0. The third-order valence-corrected chi connectivity index (χ3v) is 8.79. The standard InChI is InChI=1S/C28H35N5O3/c1-18-5-2-7-22(29-18)25(35)31-27-12-19-11-20(13-27)15-28(14-19,17-27)32-26(36)23-8-3-9-24(30-23)33-10-4-6-21(33)16-34/h2-3,5,7-9,19-21,34H,4,6,10-17H2,1H3,(H,31,35)(H,32,36)/t19?,20?,21-,27?,28?/m0/s1. The van der Waals surface area contributed by atoms with Crippen molar-refractivity contribution in [1.29, 1.82) is 0 Å². The molecule has 2 aromatic heterocycles. The molecule has 2 amide bonds. The molecule has 5 fully saturated rings. The van der Waals surface area contributed by atoms with E-state index < -0.39 is 0 Å². The fourth-order valence-electron chi connectivity index (χ4n) is 7.87. The lowest BCUT2D eigenvalue weighted by molar-refractivity contribution is -0.0449. The average molecular weight is 490 g/mol. The Labute approximate surface area is 211 Å². The highest BCUT2D eigenvalue weighted by atomic mass is 16.3. The van der Waals surface area contributed by atoms with Gasteiger partial charge in [-0.1, -0.05) is 12.1 Å². The van der Waals surface area contributed by atoms with E-state index in [4.69, 9.17) is 0 Å². The number of aliphatic hydroxyl groups excluding tert-OH is 1. The molecule has 8 heteroatoms. The van der Waals surface area contributed by atoms with Crippen molar-refractivity contribution in [2.45, 2.75) is 75.4 Å². The van der Waals surface area contributed by atoms with Crippen LogP contribution in [0.4, 0.5) is 5.82 Å². The normalized spacial score (nSPS) is 32.5. The Bertz CT molecular complexity index is 1170. The van der Waals surface area contributed by atoms with E-state index in [-0.39, 0.29) is 35.5 Å². The van der Waals surface area contributed by atoms with Crippen LogP contribution in [0.3, 0.4) is 0 Å². The maximum atomic E-state index is 13.5. The summed E-state index contributed by atoms with van der Waals surface area (Å²) in [6.45, 7) is 2.83. The van der Waals surface area contributed by atoms with E-state index in [0.29, 0.717) is 23.2 Å². The number of aryl methyl sites for hydroxylation is 1. The van der Waals surface area contributed by atoms with Gasteiger partial charge in [0.05, 0.1) is 12.6 Å². The molecular weight excluding hydrogens is 454 g/mol. The Balaban J connectivity index is 1.21. The van der Waals surface area contributed by atoms with Crippen molar-refractivity contribution in [3.8, 4) is 0 Å². The van der Waals surface area contributed by atoms with Crippen molar-refractivity contribution in [3.63, 3.8) is 0 Å². The van der Waals surface area contributed by atoms with Gasteiger partial charge in [0.2, 0.25) is 0 Å². The second-order valence-electron chi connectivity index (χ2n) is 11.6. The number of aliphatic hydroxyl groups is 1. The maximum Gasteiger partial charge on any atom is 0.270 e. The molecule has 4 bridgehead atoms. The van der Waals surface area contributed by atoms with Crippen LogP contribution in [0, 0.1) is 18.8 Å².